The van der Waals surface area contributed by atoms with Crippen LogP contribution in [0.4, 0.5) is 11.6 Å². The molecule has 0 aliphatic rings. The van der Waals surface area contributed by atoms with Gasteiger partial charge >= 0.3 is 0 Å². The highest BCUT2D eigenvalue weighted by molar-refractivity contribution is 6.31. The minimum atomic E-state index is -1.86. The van der Waals surface area contributed by atoms with E-state index >= 15 is 0 Å². The summed E-state index contributed by atoms with van der Waals surface area (Å²) in [7, 11) is 0. The van der Waals surface area contributed by atoms with Crippen LogP contribution in [0.5, 0.6) is 0 Å². The van der Waals surface area contributed by atoms with E-state index in [2.05, 4.69) is 74.1 Å². The van der Waals surface area contributed by atoms with E-state index in [-0.39, 0.29) is 48.1 Å². The Kier molecular flexibility index (Phi) is 21.4. The summed E-state index contributed by atoms with van der Waals surface area (Å²) in [5.41, 5.74) is 21.3. The summed E-state index contributed by atoms with van der Waals surface area (Å²) >= 11 is 5.83. The average molecular weight is 866 g/mol. The molecule has 18 N–H and O–H groups in total. The highest BCUT2D eigenvalue weighted by Crippen LogP contribution is 2.22. The molecule has 0 saturated carbocycles. The van der Waals surface area contributed by atoms with Crippen molar-refractivity contribution in [2.75, 3.05) is 63.9 Å². The van der Waals surface area contributed by atoms with E-state index in [0.29, 0.717) is 19.6 Å². The lowest BCUT2D eigenvalue weighted by atomic mass is 9.99. The molecular weight excluding hydrogens is 806 g/mol. The average Bonchev–Trinajstić information content (AvgIpc) is 3.24. The van der Waals surface area contributed by atoms with E-state index in [4.69, 9.17) is 39.0 Å². The molecule has 0 fully saturated rings. The lowest BCUT2D eigenvalue weighted by Gasteiger charge is -2.33. The lowest BCUT2D eigenvalue weighted by molar-refractivity contribution is -0.130. The maximum absolute atomic E-state index is 12.4. The van der Waals surface area contributed by atoms with Gasteiger partial charge in [-0.1, -0.05) is 60.1 Å². The molecule has 3 aromatic rings. The van der Waals surface area contributed by atoms with Gasteiger partial charge in [-0.3, -0.25) is 20.0 Å². The van der Waals surface area contributed by atoms with Crippen LogP contribution in [0.1, 0.15) is 40.9 Å². The highest BCUT2D eigenvalue weighted by Gasteiger charge is 2.34. The topological polar surface area (TPSA) is 363 Å². The number of anilines is 2. The van der Waals surface area contributed by atoms with Crippen molar-refractivity contribution in [2.24, 2.45) is 10.7 Å². The zero-order chi connectivity index (χ0) is 44.4. The Morgan fingerprint density at radius 2 is 1.17 bits per heavy atom. The van der Waals surface area contributed by atoms with E-state index in [1.807, 2.05) is 0 Å². The number of carbonyl (C=O) groups is 1. The summed E-state index contributed by atoms with van der Waals surface area (Å²) in [5.74, 6) is -1.04. The van der Waals surface area contributed by atoms with Gasteiger partial charge < -0.3 is 73.6 Å². The van der Waals surface area contributed by atoms with Crippen molar-refractivity contribution in [3.63, 3.8) is 0 Å². The van der Waals surface area contributed by atoms with Crippen molar-refractivity contribution in [3.8, 4) is 11.1 Å². The number of nitrogens with zero attached hydrogens (tertiary/aromatic N) is 4. The Balaban J connectivity index is 1.41. The van der Waals surface area contributed by atoms with Crippen LogP contribution in [0.3, 0.4) is 0 Å². The smallest absolute Gasteiger partial charge is 0.280 e. The second-order valence-corrected chi connectivity index (χ2v) is 14.8. The van der Waals surface area contributed by atoms with Crippen LogP contribution >= 0.6 is 11.6 Å². The van der Waals surface area contributed by atoms with Gasteiger partial charge in [-0.2, -0.15) is 0 Å². The largest absolute Gasteiger partial charge is 0.394 e. The zero-order valence-electron chi connectivity index (χ0n) is 33.2. The summed E-state index contributed by atoms with van der Waals surface area (Å²) < 4.78 is 0. The minimum absolute atomic E-state index is 0.0797. The van der Waals surface area contributed by atoms with Gasteiger partial charge in [0.1, 0.15) is 36.6 Å². The molecule has 8 unspecified atom stereocenters. The fourth-order valence-electron chi connectivity index (χ4n) is 6.10. The van der Waals surface area contributed by atoms with Crippen LogP contribution in [0.2, 0.25) is 5.15 Å². The third kappa shape index (κ3) is 16.0. The number of unbranched alkanes of at least 4 members (excludes halogenated alkanes) is 1. The molecule has 1 heterocycles. The van der Waals surface area contributed by atoms with Gasteiger partial charge in [-0.25, -0.2) is 9.97 Å². The number of aromatic nitrogens is 2. The van der Waals surface area contributed by atoms with E-state index in [9.17, 15) is 45.6 Å². The summed E-state index contributed by atoms with van der Waals surface area (Å²) in [5, 5.41) is 105. The molecule has 8 atom stereocenters. The number of aliphatic imine (C=N–C) groups is 1. The number of nitrogen functional groups attached to an aromatic ring is 2. The van der Waals surface area contributed by atoms with E-state index in [1.54, 1.807) is 0 Å². The molecule has 20 nitrogen and oxygen atoms in total. The number of nitrogens with two attached hydrogens (primary N) is 3. The minimum Gasteiger partial charge on any atom is -0.394 e. The van der Waals surface area contributed by atoms with Crippen LogP contribution in [-0.4, -0.2) is 179 Å². The molecule has 334 valence electrons. The van der Waals surface area contributed by atoms with Gasteiger partial charge in [0.15, 0.2) is 28.4 Å². The fraction of sp³-hybridized carbons (Fsp3) is 0.538. The second-order valence-electron chi connectivity index (χ2n) is 14.4. The number of guanidine groups is 1. The second kappa shape index (κ2) is 25.6. The number of nitrogens with one attached hydrogen (secondary N) is 2. The molecule has 1 amide bonds. The number of hydrogen-bond acceptors (Lipinski definition) is 18. The Bertz CT molecular complexity index is 1730. The fourth-order valence-corrected chi connectivity index (χ4v) is 6.23. The molecular formula is C39H60ClN9O11. The number of halogens is 1. The molecule has 0 aliphatic carbocycles. The number of carbonyl (C=O) groups excluding carboxylic acids is 1. The van der Waals surface area contributed by atoms with Crippen molar-refractivity contribution in [1.82, 2.24) is 25.5 Å². The summed E-state index contributed by atoms with van der Waals surface area (Å²) in [6.07, 6.45) is -10.1. The third-order valence-corrected chi connectivity index (χ3v) is 10.0. The predicted molar refractivity (Wildman–Crippen MR) is 224 cm³/mol. The number of amides is 1. The van der Waals surface area contributed by atoms with Crippen molar-refractivity contribution in [2.45, 2.75) is 80.9 Å². The number of benzene rings is 2. The van der Waals surface area contributed by atoms with E-state index < -0.39 is 68.0 Å². The zero-order valence-corrected chi connectivity index (χ0v) is 34.0. The molecule has 3 rings (SSSR count). The number of hydrogen-bond donors (Lipinski definition) is 15. The molecule has 0 saturated heterocycles. The van der Waals surface area contributed by atoms with Gasteiger partial charge in [0.25, 0.3) is 5.91 Å². The first-order valence-electron chi connectivity index (χ1n) is 19.5. The highest BCUT2D eigenvalue weighted by atomic mass is 35.5. The molecule has 0 bridgehead atoms. The molecule has 0 radical (unpaired) electrons. The molecule has 0 aliphatic heterocycles. The first kappa shape index (κ1) is 50.2. The number of aliphatic hydroxyl groups is 10. The standard InChI is InChI=1S/C39H60ClN9O11/c40-35-37(42)47-36(41)30(46-35)38(60)48-39(43)45-15-2-1-4-22-6-10-24(11-7-22)25-12-8-23(9-13-25)5-3-14-44-16-17-49(18-26(52)31(56)33(58)28(54)20-50)19-27(53)32(57)34(59)29(55)21-51/h6-13,26-29,31-34,44,50-59H,1-5,14-21H2,(H4,41,42,47)(H3,43,45,48,60). The van der Waals surface area contributed by atoms with Crippen LogP contribution in [-0.2, 0) is 12.8 Å². The number of rotatable bonds is 26. The molecule has 60 heavy (non-hydrogen) atoms. The molecule has 2 aromatic carbocycles. The number of aryl methyl sites for hydroxylation is 2. The summed E-state index contributed by atoms with van der Waals surface area (Å²) in [4.78, 5) is 25.6. The van der Waals surface area contributed by atoms with Crippen molar-refractivity contribution in [3.05, 3.63) is 70.5 Å². The maximum atomic E-state index is 12.4. The Labute approximate surface area is 353 Å². The first-order chi connectivity index (χ1) is 28.6. The van der Waals surface area contributed by atoms with Gasteiger partial charge in [-0.15, -0.1) is 0 Å². The molecule has 21 heteroatoms. The monoisotopic (exact) mass is 865 g/mol. The van der Waals surface area contributed by atoms with Crippen LogP contribution in [0.15, 0.2) is 53.5 Å². The van der Waals surface area contributed by atoms with Crippen LogP contribution in [0, 0.1) is 0 Å². The van der Waals surface area contributed by atoms with Crippen LogP contribution < -0.4 is 27.8 Å². The van der Waals surface area contributed by atoms with E-state index in [0.717, 1.165) is 48.8 Å². The lowest BCUT2D eigenvalue weighted by Crippen LogP contribution is -2.54. The molecule has 1 aromatic heterocycles. The maximum Gasteiger partial charge on any atom is 0.280 e. The quantitative estimate of drug-likeness (QED) is 0.0214. The Morgan fingerprint density at radius 1 is 0.683 bits per heavy atom. The van der Waals surface area contributed by atoms with Crippen molar-refractivity contribution >= 4 is 35.1 Å². The first-order valence-corrected chi connectivity index (χ1v) is 19.9. The predicted octanol–water partition coefficient (Wildman–Crippen LogP) is -3.28. The SMILES string of the molecule is NC(=NCCCCc1ccc(-c2ccc(CCCNCCN(CC(O)C(O)C(O)C(O)CO)CC(O)C(O)C(O)C(O)CO)cc2)cc1)NC(=O)c1nc(Cl)c(N)nc1N. The third-order valence-electron chi connectivity index (χ3n) is 9.72. The summed E-state index contributed by atoms with van der Waals surface area (Å²) in [6.45, 7) is -0.820. The van der Waals surface area contributed by atoms with Gasteiger partial charge in [0.05, 0.1) is 25.4 Å². The number of aliphatic hydroxyl groups excluding tert-OH is 10. The summed E-state index contributed by atoms with van der Waals surface area (Å²) in [6, 6.07) is 16.6. The Morgan fingerprint density at radius 3 is 1.67 bits per heavy atom. The molecule has 0 spiro atoms. The van der Waals surface area contributed by atoms with Gasteiger partial charge in [0, 0.05) is 32.7 Å². The van der Waals surface area contributed by atoms with Gasteiger partial charge in [0.2, 0.25) is 0 Å². The Hall–Kier alpha value is -4.13. The van der Waals surface area contributed by atoms with Crippen molar-refractivity contribution < 1.29 is 55.9 Å². The van der Waals surface area contributed by atoms with Crippen molar-refractivity contribution in [1.29, 1.82) is 0 Å². The van der Waals surface area contributed by atoms with Crippen LogP contribution in [0.25, 0.3) is 11.1 Å². The van der Waals surface area contributed by atoms with Gasteiger partial charge in [-0.05, 0) is 60.9 Å². The van der Waals surface area contributed by atoms with E-state index in [1.165, 1.54) is 10.5 Å². The normalized spacial score (nSPS) is 16.2.